The first-order valence-electron chi connectivity index (χ1n) is 5.43. The predicted octanol–water partition coefficient (Wildman–Crippen LogP) is 2.99. The summed E-state index contributed by atoms with van der Waals surface area (Å²) < 4.78 is 0. The smallest absolute Gasteiger partial charge is 0.142 e. The molecule has 2 heterocycles. The van der Waals surface area contributed by atoms with Gasteiger partial charge < -0.3 is 5.73 Å². The average Bonchev–Trinajstić information content (AvgIpc) is 2.98. The van der Waals surface area contributed by atoms with Gasteiger partial charge in [-0.05, 0) is 12.8 Å². The molecule has 3 rings (SSSR count). The molecule has 0 bridgehead atoms. The summed E-state index contributed by atoms with van der Waals surface area (Å²) in [4.78, 5) is 8.92. The molecule has 0 aromatic carbocycles. The van der Waals surface area contributed by atoms with Crippen molar-refractivity contribution in [3.63, 3.8) is 0 Å². The number of hydrogen-bond donors (Lipinski definition) is 1. The zero-order valence-corrected chi connectivity index (χ0v) is 10.5. The maximum atomic E-state index is 6.38. The van der Waals surface area contributed by atoms with Crippen LogP contribution in [0.2, 0.25) is 0 Å². The van der Waals surface area contributed by atoms with Gasteiger partial charge in [0.25, 0.3) is 0 Å². The Labute approximate surface area is 102 Å². The standard InChI is InChI=1S/C11H13N3S2/c12-11(3-1-2-4-11)10-14-8(7-16-10)9-13-5-6-15-9/h5-7H,1-4,12H2. The second-order valence-corrected chi connectivity index (χ2v) is 5.99. The average molecular weight is 251 g/mol. The van der Waals surface area contributed by atoms with Crippen molar-refractivity contribution in [1.82, 2.24) is 9.97 Å². The molecular formula is C11H13N3S2. The predicted molar refractivity (Wildman–Crippen MR) is 67.6 cm³/mol. The molecule has 3 nitrogen and oxygen atoms in total. The van der Waals surface area contributed by atoms with E-state index in [1.807, 2.05) is 11.6 Å². The molecule has 1 saturated carbocycles. The molecule has 0 spiro atoms. The minimum atomic E-state index is -0.166. The Morgan fingerprint density at radius 2 is 2.06 bits per heavy atom. The number of nitrogens with zero attached hydrogens (tertiary/aromatic N) is 2. The van der Waals surface area contributed by atoms with Gasteiger partial charge in [-0.15, -0.1) is 22.7 Å². The first kappa shape index (κ1) is 10.4. The van der Waals surface area contributed by atoms with Crippen LogP contribution in [0.5, 0.6) is 0 Å². The van der Waals surface area contributed by atoms with E-state index < -0.39 is 0 Å². The van der Waals surface area contributed by atoms with Gasteiger partial charge in [-0.3, -0.25) is 0 Å². The molecule has 84 valence electrons. The van der Waals surface area contributed by atoms with Crippen LogP contribution in [0.3, 0.4) is 0 Å². The van der Waals surface area contributed by atoms with E-state index in [1.54, 1.807) is 22.7 Å². The molecule has 0 saturated heterocycles. The lowest BCUT2D eigenvalue weighted by Gasteiger charge is -2.19. The molecule has 0 radical (unpaired) electrons. The molecule has 1 aliphatic carbocycles. The minimum Gasteiger partial charge on any atom is -0.319 e. The Hall–Kier alpha value is -0.780. The van der Waals surface area contributed by atoms with Crippen molar-refractivity contribution in [2.24, 2.45) is 5.73 Å². The van der Waals surface area contributed by atoms with Gasteiger partial charge in [0.1, 0.15) is 15.7 Å². The van der Waals surface area contributed by atoms with Crippen LogP contribution in [0.15, 0.2) is 17.0 Å². The molecule has 1 fully saturated rings. The van der Waals surface area contributed by atoms with Crippen LogP contribution in [0.4, 0.5) is 0 Å². The highest BCUT2D eigenvalue weighted by molar-refractivity contribution is 7.14. The van der Waals surface area contributed by atoms with E-state index in [0.29, 0.717) is 0 Å². The van der Waals surface area contributed by atoms with Crippen LogP contribution >= 0.6 is 22.7 Å². The van der Waals surface area contributed by atoms with Gasteiger partial charge in [0, 0.05) is 17.0 Å². The summed E-state index contributed by atoms with van der Waals surface area (Å²) in [5, 5.41) is 6.11. The quantitative estimate of drug-likeness (QED) is 0.892. The van der Waals surface area contributed by atoms with Crippen molar-refractivity contribution in [3.05, 3.63) is 22.0 Å². The lowest BCUT2D eigenvalue weighted by atomic mass is 10.0. The summed E-state index contributed by atoms with van der Waals surface area (Å²) in [6.45, 7) is 0. The molecule has 2 aromatic rings. The molecule has 0 atom stereocenters. The summed E-state index contributed by atoms with van der Waals surface area (Å²) in [6.07, 6.45) is 6.40. The normalized spacial score (nSPS) is 19.1. The Balaban J connectivity index is 1.93. The van der Waals surface area contributed by atoms with Crippen LogP contribution < -0.4 is 5.73 Å². The van der Waals surface area contributed by atoms with Gasteiger partial charge in [0.05, 0.1) is 5.54 Å². The molecular weight excluding hydrogens is 238 g/mol. The molecule has 0 unspecified atom stereocenters. The topological polar surface area (TPSA) is 51.8 Å². The fourth-order valence-corrected chi connectivity index (χ4v) is 3.82. The monoisotopic (exact) mass is 251 g/mol. The fourth-order valence-electron chi connectivity index (χ4n) is 2.17. The maximum absolute atomic E-state index is 6.38. The molecule has 16 heavy (non-hydrogen) atoms. The molecule has 5 heteroatoms. The largest absolute Gasteiger partial charge is 0.319 e. The lowest BCUT2D eigenvalue weighted by molar-refractivity contribution is 0.459. The molecule has 0 aliphatic heterocycles. The van der Waals surface area contributed by atoms with Gasteiger partial charge in [0.2, 0.25) is 0 Å². The second-order valence-electron chi connectivity index (χ2n) is 4.24. The molecule has 1 aliphatic rings. The van der Waals surface area contributed by atoms with Crippen LogP contribution in [-0.2, 0) is 5.54 Å². The summed E-state index contributed by atoms with van der Waals surface area (Å²) in [7, 11) is 0. The van der Waals surface area contributed by atoms with Crippen molar-refractivity contribution in [2.45, 2.75) is 31.2 Å². The van der Waals surface area contributed by atoms with Crippen molar-refractivity contribution >= 4 is 22.7 Å². The Bertz CT molecular complexity index is 469. The zero-order valence-electron chi connectivity index (χ0n) is 8.85. The van der Waals surface area contributed by atoms with Gasteiger partial charge >= 0.3 is 0 Å². The van der Waals surface area contributed by atoms with E-state index in [1.165, 1.54) is 12.8 Å². The van der Waals surface area contributed by atoms with Crippen molar-refractivity contribution in [3.8, 4) is 10.7 Å². The van der Waals surface area contributed by atoms with Gasteiger partial charge in [0.15, 0.2) is 0 Å². The van der Waals surface area contributed by atoms with E-state index >= 15 is 0 Å². The summed E-state index contributed by atoms with van der Waals surface area (Å²) >= 11 is 3.30. The number of nitrogens with two attached hydrogens (primary N) is 1. The van der Waals surface area contributed by atoms with Crippen LogP contribution in [0.1, 0.15) is 30.7 Å². The number of rotatable bonds is 2. The SMILES string of the molecule is NC1(c2nc(-c3nccs3)cs2)CCCC1. The van der Waals surface area contributed by atoms with Crippen LogP contribution in [0, 0.1) is 0 Å². The first-order valence-corrected chi connectivity index (χ1v) is 7.19. The number of hydrogen-bond acceptors (Lipinski definition) is 5. The van der Waals surface area contributed by atoms with E-state index in [0.717, 1.165) is 28.6 Å². The highest BCUT2D eigenvalue weighted by Gasteiger charge is 2.34. The Morgan fingerprint density at radius 1 is 1.25 bits per heavy atom. The van der Waals surface area contributed by atoms with Crippen LogP contribution in [0.25, 0.3) is 10.7 Å². The molecule has 0 amide bonds. The minimum absolute atomic E-state index is 0.166. The maximum Gasteiger partial charge on any atom is 0.142 e. The van der Waals surface area contributed by atoms with Gasteiger partial charge in [-0.25, -0.2) is 9.97 Å². The summed E-state index contributed by atoms with van der Waals surface area (Å²) in [5.74, 6) is 0. The number of aromatic nitrogens is 2. The van der Waals surface area contributed by atoms with Crippen LogP contribution in [-0.4, -0.2) is 9.97 Å². The van der Waals surface area contributed by atoms with Crippen molar-refractivity contribution in [2.75, 3.05) is 0 Å². The van der Waals surface area contributed by atoms with E-state index in [-0.39, 0.29) is 5.54 Å². The lowest BCUT2D eigenvalue weighted by Crippen LogP contribution is -2.32. The van der Waals surface area contributed by atoms with Gasteiger partial charge in [-0.2, -0.15) is 0 Å². The highest BCUT2D eigenvalue weighted by atomic mass is 32.1. The van der Waals surface area contributed by atoms with E-state index in [9.17, 15) is 0 Å². The third-order valence-electron chi connectivity index (χ3n) is 3.08. The van der Waals surface area contributed by atoms with E-state index in [2.05, 4.69) is 15.3 Å². The van der Waals surface area contributed by atoms with Crippen molar-refractivity contribution < 1.29 is 0 Å². The number of thiazole rings is 2. The summed E-state index contributed by atoms with van der Waals surface area (Å²) in [5.41, 5.74) is 7.19. The first-order chi connectivity index (χ1) is 7.78. The third kappa shape index (κ3) is 1.69. The Morgan fingerprint density at radius 3 is 2.75 bits per heavy atom. The van der Waals surface area contributed by atoms with E-state index in [4.69, 9.17) is 5.73 Å². The molecule has 2 N–H and O–H groups in total. The third-order valence-corrected chi connectivity index (χ3v) is 4.94. The highest BCUT2D eigenvalue weighted by Crippen LogP contribution is 2.39. The fraction of sp³-hybridized carbons (Fsp3) is 0.455. The Kier molecular flexibility index (Phi) is 2.53. The molecule has 2 aromatic heterocycles. The summed E-state index contributed by atoms with van der Waals surface area (Å²) in [6, 6.07) is 0. The second kappa shape index (κ2) is 3.91. The zero-order chi connectivity index (χ0) is 11.0. The van der Waals surface area contributed by atoms with Gasteiger partial charge in [-0.1, -0.05) is 12.8 Å². The van der Waals surface area contributed by atoms with Crippen molar-refractivity contribution in [1.29, 1.82) is 0 Å².